The molecule has 122 valence electrons. The lowest BCUT2D eigenvalue weighted by Crippen LogP contribution is -2.54. The maximum Gasteiger partial charge on any atom is 0.315 e. The number of aromatic nitrogens is 3. The van der Waals surface area contributed by atoms with Gasteiger partial charge in [-0.25, -0.2) is 4.79 Å². The number of nitrogens with zero attached hydrogens (tertiary/aromatic N) is 3. The third-order valence-electron chi connectivity index (χ3n) is 4.27. The number of rotatable bonds is 6. The topological polar surface area (TPSA) is 92.1 Å². The van der Waals surface area contributed by atoms with Crippen LogP contribution in [0, 0.1) is 5.92 Å². The van der Waals surface area contributed by atoms with Crippen molar-refractivity contribution in [1.82, 2.24) is 25.4 Å². The highest BCUT2D eigenvalue weighted by Gasteiger charge is 2.42. The third kappa shape index (κ3) is 3.50. The summed E-state index contributed by atoms with van der Waals surface area (Å²) in [6.45, 7) is 2.06. The van der Waals surface area contributed by atoms with Crippen molar-refractivity contribution in [3.05, 3.63) is 42.5 Å². The van der Waals surface area contributed by atoms with E-state index in [1.54, 1.807) is 6.33 Å². The van der Waals surface area contributed by atoms with Crippen LogP contribution >= 0.6 is 0 Å². The Morgan fingerprint density at radius 1 is 1.39 bits per heavy atom. The van der Waals surface area contributed by atoms with Crippen LogP contribution in [0.1, 0.15) is 25.6 Å². The quantitative estimate of drug-likeness (QED) is 0.747. The summed E-state index contributed by atoms with van der Waals surface area (Å²) < 4.78 is 1.83. The van der Waals surface area contributed by atoms with Crippen LogP contribution in [0.3, 0.4) is 0 Å². The number of aliphatic hydroxyl groups excluding tert-OH is 1. The highest BCUT2D eigenvalue weighted by molar-refractivity contribution is 5.74. The molecule has 3 rings (SSSR count). The molecule has 2 aromatic rings. The van der Waals surface area contributed by atoms with Gasteiger partial charge in [-0.05, 0) is 37.8 Å². The first kappa shape index (κ1) is 15.5. The Morgan fingerprint density at radius 2 is 2.13 bits per heavy atom. The SMILES string of the molecule is CC(CO)(NC(=O)NCc1nncn1-c1ccccc1)C1CC1. The van der Waals surface area contributed by atoms with Crippen LogP contribution in [-0.4, -0.2) is 38.0 Å². The second kappa shape index (κ2) is 6.37. The summed E-state index contributed by atoms with van der Waals surface area (Å²) in [7, 11) is 0. The number of urea groups is 1. The van der Waals surface area contributed by atoms with Crippen molar-refractivity contribution in [2.45, 2.75) is 31.8 Å². The highest BCUT2D eigenvalue weighted by atomic mass is 16.3. The van der Waals surface area contributed by atoms with Crippen molar-refractivity contribution in [1.29, 1.82) is 0 Å². The van der Waals surface area contributed by atoms with E-state index in [0.29, 0.717) is 11.7 Å². The second-order valence-corrected chi connectivity index (χ2v) is 6.11. The molecule has 1 aromatic heterocycles. The minimum Gasteiger partial charge on any atom is -0.394 e. The predicted octanol–water partition coefficient (Wildman–Crippen LogP) is 1.23. The lowest BCUT2D eigenvalue weighted by molar-refractivity contribution is 0.155. The maximum atomic E-state index is 12.1. The molecule has 2 amide bonds. The molecule has 7 heteroatoms. The van der Waals surface area contributed by atoms with E-state index >= 15 is 0 Å². The number of hydrogen-bond acceptors (Lipinski definition) is 4. The van der Waals surface area contributed by atoms with Crippen molar-refractivity contribution < 1.29 is 9.90 Å². The monoisotopic (exact) mass is 315 g/mol. The summed E-state index contributed by atoms with van der Waals surface area (Å²) in [4.78, 5) is 12.1. The van der Waals surface area contributed by atoms with E-state index in [-0.39, 0.29) is 19.2 Å². The number of hydrogen-bond donors (Lipinski definition) is 3. The second-order valence-electron chi connectivity index (χ2n) is 6.11. The standard InChI is InChI=1S/C16H21N5O2/c1-16(10-22,12-7-8-12)19-15(23)17-9-14-20-18-11-21(14)13-5-3-2-4-6-13/h2-6,11-12,22H,7-10H2,1H3,(H2,17,19,23). The van der Waals surface area contributed by atoms with Crippen LogP contribution in [0.25, 0.3) is 5.69 Å². The Kier molecular flexibility index (Phi) is 4.29. The predicted molar refractivity (Wildman–Crippen MR) is 84.9 cm³/mol. The molecule has 1 saturated carbocycles. The number of carbonyl (C=O) groups excluding carboxylic acids is 1. The molecule has 1 aromatic carbocycles. The van der Waals surface area contributed by atoms with E-state index in [0.717, 1.165) is 18.5 Å². The number of amides is 2. The van der Waals surface area contributed by atoms with E-state index in [2.05, 4.69) is 20.8 Å². The van der Waals surface area contributed by atoms with Gasteiger partial charge in [-0.2, -0.15) is 0 Å². The molecular formula is C16H21N5O2. The van der Waals surface area contributed by atoms with Gasteiger partial charge in [0.05, 0.1) is 18.7 Å². The van der Waals surface area contributed by atoms with Gasteiger partial charge >= 0.3 is 6.03 Å². The van der Waals surface area contributed by atoms with Crippen molar-refractivity contribution in [2.24, 2.45) is 5.92 Å². The van der Waals surface area contributed by atoms with Crippen LogP contribution < -0.4 is 10.6 Å². The fourth-order valence-corrected chi connectivity index (χ4v) is 2.64. The van der Waals surface area contributed by atoms with Gasteiger partial charge in [0.2, 0.25) is 0 Å². The first-order chi connectivity index (χ1) is 11.1. The van der Waals surface area contributed by atoms with Crippen LogP contribution in [-0.2, 0) is 6.54 Å². The average molecular weight is 315 g/mol. The van der Waals surface area contributed by atoms with E-state index in [9.17, 15) is 9.90 Å². The molecule has 0 saturated heterocycles. The number of nitrogens with one attached hydrogen (secondary N) is 2. The van der Waals surface area contributed by atoms with Gasteiger partial charge in [-0.1, -0.05) is 18.2 Å². The number of aliphatic hydroxyl groups is 1. The van der Waals surface area contributed by atoms with Gasteiger partial charge < -0.3 is 15.7 Å². The first-order valence-electron chi connectivity index (χ1n) is 7.73. The molecule has 7 nitrogen and oxygen atoms in total. The molecular weight excluding hydrogens is 294 g/mol. The minimum absolute atomic E-state index is 0.0642. The minimum atomic E-state index is -0.558. The van der Waals surface area contributed by atoms with Crippen LogP contribution in [0.4, 0.5) is 4.79 Å². The van der Waals surface area contributed by atoms with Gasteiger partial charge in [0.15, 0.2) is 5.82 Å². The molecule has 23 heavy (non-hydrogen) atoms. The zero-order valence-corrected chi connectivity index (χ0v) is 13.1. The zero-order chi connectivity index (χ0) is 16.3. The Balaban J connectivity index is 1.61. The third-order valence-corrected chi connectivity index (χ3v) is 4.27. The molecule has 1 aliphatic rings. The molecule has 0 radical (unpaired) electrons. The number of carbonyl (C=O) groups is 1. The van der Waals surface area contributed by atoms with E-state index in [4.69, 9.17) is 0 Å². The van der Waals surface area contributed by atoms with Crippen LogP contribution in [0.2, 0.25) is 0 Å². The molecule has 1 atom stereocenters. The maximum absolute atomic E-state index is 12.1. The summed E-state index contributed by atoms with van der Waals surface area (Å²) in [5, 5.41) is 23.1. The first-order valence-corrected chi connectivity index (χ1v) is 7.73. The Bertz CT molecular complexity index is 668. The van der Waals surface area contributed by atoms with Crippen molar-refractivity contribution >= 4 is 6.03 Å². The summed E-state index contributed by atoms with van der Waals surface area (Å²) in [6, 6.07) is 9.39. The Labute approximate surface area is 134 Å². The summed E-state index contributed by atoms with van der Waals surface area (Å²) in [6.07, 6.45) is 3.70. The smallest absolute Gasteiger partial charge is 0.315 e. The molecule has 1 unspecified atom stereocenters. The Hall–Kier alpha value is -2.41. The van der Waals surface area contributed by atoms with Crippen LogP contribution in [0.15, 0.2) is 36.7 Å². The molecule has 1 fully saturated rings. The van der Waals surface area contributed by atoms with E-state index < -0.39 is 5.54 Å². The lowest BCUT2D eigenvalue weighted by atomic mass is 9.97. The van der Waals surface area contributed by atoms with Gasteiger partial charge in [0.25, 0.3) is 0 Å². The molecule has 1 heterocycles. The molecule has 0 spiro atoms. The largest absolute Gasteiger partial charge is 0.394 e. The van der Waals surface area contributed by atoms with Gasteiger partial charge in [0, 0.05) is 5.69 Å². The average Bonchev–Trinajstić information content (AvgIpc) is 3.33. The van der Waals surface area contributed by atoms with E-state index in [1.807, 2.05) is 41.8 Å². The lowest BCUT2D eigenvalue weighted by Gasteiger charge is -2.28. The van der Waals surface area contributed by atoms with Crippen molar-refractivity contribution in [3.63, 3.8) is 0 Å². The number of benzene rings is 1. The fraction of sp³-hybridized carbons (Fsp3) is 0.438. The summed E-state index contributed by atoms with van der Waals surface area (Å²) in [5.41, 5.74) is 0.380. The van der Waals surface area contributed by atoms with Crippen LogP contribution in [0.5, 0.6) is 0 Å². The van der Waals surface area contributed by atoms with Gasteiger partial charge in [-0.15, -0.1) is 10.2 Å². The van der Waals surface area contributed by atoms with Gasteiger partial charge in [-0.3, -0.25) is 4.57 Å². The fourth-order valence-electron chi connectivity index (χ4n) is 2.64. The highest BCUT2D eigenvalue weighted by Crippen LogP contribution is 2.39. The molecule has 3 N–H and O–H groups in total. The van der Waals surface area contributed by atoms with E-state index in [1.165, 1.54) is 0 Å². The summed E-state index contributed by atoms with van der Waals surface area (Å²) in [5.74, 6) is 0.995. The summed E-state index contributed by atoms with van der Waals surface area (Å²) >= 11 is 0. The Morgan fingerprint density at radius 3 is 2.78 bits per heavy atom. The van der Waals surface area contributed by atoms with Crippen molar-refractivity contribution in [2.75, 3.05) is 6.61 Å². The zero-order valence-electron chi connectivity index (χ0n) is 13.1. The van der Waals surface area contributed by atoms with Gasteiger partial charge in [0.1, 0.15) is 6.33 Å². The molecule has 1 aliphatic carbocycles. The normalized spacial score (nSPS) is 16.6. The number of para-hydroxylation sites is 1. The van der Waals surface area contributed by atoms with Crippen molar-refractivity contribution in [3.8, 4) is 5.69 Å². The molecule has 0 aliphatic heterocycles. The molecule has 0 bridgehead atoms.